The molecule has 46 heavy (non-hydrogen) atoms. The standard InChI is InChI=1S/C36H49ClN2O6S/c1-5-7-8-13-34(44-4)31-18-15-28(31)23-39-20-10-9-12-26-21-30(37)17-14-29(26)24-45-35-19-16-27(22-32(35)39)36(41)38-46(42,43)25(3)33(40)11-6-2/h6,8,13-14,16-17,19,21-22,25,28,31,33-34,40H,2,5,7,9-12,15,18,20,23-24H2,1,3-4H3,(H,38,41)/b13-8+/t25-,28+,31-,33-,34+/m1/s1. The molecule has 0 aromatic heterocycles. The third kappa shape index (κ3) is 9.15. The number of nitrogens with one attached hydrogen (secondary N) is 1. The van der Waals surface area contributed by atoms with E-state index < -0.39 is 27.3 Å². The summed E-state index contributed by atoms with van der Waals surface area (Å²) in [6.07, 6.45) is 11.8. The Morgan fingerprint density at radius 3 is 2.72 bits per heavy atom. The van der Waals surface area contributed by atoms with Gasteiger partial charge in [0.25, 0.3) is 5.91 Å². The maximum absolute atomic E-state index is 13.4. The van der Waals surface area contributed by atoms with Crippen molar-refractivity contribution in [2.45, 2.75) is 89.3 Å². The first kappa shape index (κ1) is 36.0. The van der Waals surface area contributed by atoms with E-state index in [-0.39, 0.29) is 18.1 Å². The van der Waals surface area contributed by atoms with Crippen LogP contribution in [-0.2, 0) is 27.8 Å². The number of allylic oxidation sites excluding steroid dienone is 1. The highest BCUT2D eigenvalue weighted by Crippen LogP contribution is 2.41. The number of anilines is 1. The van der Waals surface area contributed by atoms with Gasteiger partial charge in [-0.3, -0.25) is 4.79 Å². The third-order valence-electron chi connectivity index (χ3n) is 9.32. The zero-order valence-corrected chi connectivity index (χ0v) is 28.9. The lowest BCUT2D eigenvalue weighted by Crippen LogP contribution is -2.44. The minimum absolute atomic E-state index is 0.0463. The highest BCUT2D eigenvalue weighted by atomic mass is 35.5. The van der Waals surface area contributed by atoms with E-state index >= 15 is 0 Å². The van der Waals surface area contributed by atoms with Crippen molar-refractivity contribution in [2.75, 3.05) is 25.1 Å². The molecule has 1 amide bonds. The molecule has 1 heterocycles. The van der Waals surface area contributed by atoms with Gasteiger partial charge in [-0.15, -0.1) is 6.58 Å². The smallest absolute Gasteiger partial charge is 0.264 e. The summed E-state index contributed by atoms with van der Waals surface area (Å²) in [6, 6.07) is 10.9. The fourth-order valence-electron chi connectivity index (χ4n) is 6.26. The molecule has 1 aliphatic carbocycles. The topological polar surface area (TPSA) is 105 Å². The first-order valence-corrected chi connectivity index (χ1v) is 18.3. The Balaban J connectivity index is 1.65. The number of methoxy groups -OCH3 is 1. The number of hydrogen-bond acceptors (Lipinski definition) is 7. The summed E-state index contributed by atoms with van der Waals surface area (Å²) >= 11 is 6.33. The zero-order chi connectivity index (χ0) is 33.3. The van der Waals surface area contributed by atoms with E-state index in [2.05, 4.69) is 35.3 Å². The van der Waals surface area contributed by atoms with Gasteiger partial charge < -0.3 is 19.5 Å². The second-order valence-electron chi connectivity index (χ2n) is 12.5. The van der Waals surface area contributed by atoms with E-state index in [9.17, 15) is 18.3 Å². The summed E-state index contributed by atoms with van der Waals surface area (Å²) in [5.41, 5.74) is 3.18. The summed E-state index contributed by atoms with van der Waals surface area (Å²) in [7, 11) is -2.38. The molecule has 2 aliphatic rings. The first-order chi connectivity index (χ1) is 22.1. The van der Waals surface area contributed by atoms with Crippen LogP contribution in [0.1, 0.15) is 80.3 Å². The Labute approximate surface area is 279 Å². The van der Waals surface area contributed by atoms with Crippen LogP contribution in [0.15, 0.2) is 61.2 Å². The van der Waals surface area contributed by atoms with Gasteiger partial charge in [-0.25, -0.2) is 13.1 Å². The van der Waals surface area contributed by atoms with Crippen LogP contribution in [0.5, 0.6) is 5.75 Å². The largest absolute Gasteiger partial charge is 0.487 e. The molecule has 0 unspecified atom stereocenters. The molecule has 1 fully saturated rings. The summed E-state index contributed by atoms with van der Waals surface area (Å²) < 4.78 is 40.5. The Morgan fingerprint density at radius 2 is 2.02 bits per heavy atom. The van der Waals surface area contributed by atoms with Gasteiger partial charge in [-0.2, -0.15) is 0 Å². The van der Waals surface area contributed by atoms with Crippen molar-refractivity contribution in [3.8, 4) is 5.75 Å². The van der Waals surface area contributed by atoms with Gasteiger partial charge in [0.15, 0.2) is 0 Å². The number of carbonyl (C=O) groups is 1. The summed E-state index contributed by atoms with van der Waals surface area (Å²) in [4.78, 5) is 15.7. The van der Waals surface area contributed by atoms with Crippen LogP contribution in [0.25, 0.3) is 0 Å². The van der Waals surface area contributed by atoms with Crippen molar-refractivity contribution >= 4 is 33.2 Å². The van der Waals surface area contributed by atoms with Gasteiger partial charge in [-0.05, 0) is 105 Å². The Bertz CT molecular complexity index is 1480. The van der Waals surface area contributed by atoms with Crippen LogP contribution in [0.3, 0.4) is 0 Å². The number of sulfonamides is 1. The van der Waals surface area contributed by atoms with E-state index in [1.54, 1.807) is 25.3 Å². The van der Waals surface area contributed by atoms with Gasteiger partial charge in [0.1, 0.15) is 17.6 Å². The van der Waals surface area contributed by atoms with Crippen molar-refractivity contribution in [2.24, 2.45) is 11.8 Å². The molecule has 5 atom stereocenters. The molecule has 2 aromatic rings. The van der Waals surface area contributed by atoms with Crippen LogP contribution in [0.4, 0.5) is 5.69 Å². The van der Waals surface area contributed by atoms with Crippen LogP contribution >= 0.6 is 11.6 Å². The van der Waals surface area contributed by atoms with E-state index in [0.29, 0.717) is 29.2 Å². The van der Waals surface area contributed by atoms with Crippen molar-refractivity contribution in [1.82, 2.24) is 4.72 Å². The number of aliphatic hydroxyl groups excluding tert-OH is 1. The Kier molecular flexibility index (Phi) is 13.2. The van der Waals surface area contributed by atoms with Crippen LogP contribution in [0, 0.1) is 11.8 Å². The fourth-order valence-corrected chi connectivity index (χ4v) is 7.54. The Hall–Kier alpha value is -2.85. The number of rotatable bonds is 13. The maximum atomic E-state index is 13.4. The van der Waals surface area contributed by atoms with Crippen LogP contribution in [-0.4, -0.2) is 57.1 Å². The number of benzene rings is 2. The number of halogens is 1. The number of carbonyl (C=O) groups excluding carboxylic acids is 1. The van der Waals surface area contributed by atoms with E-state index in [0.717, 1.165) is 74.8 Å². The first-order valence-electron chi connectivity index (χ1n) is 16.4. The number of fused-ring (bicyclic) bond motifs is 2. The lowest BCUT2D eigenvalue weighted by Gasteiger charge is -2.43. The Morgan fingerprint density at radius 1 is 1.22 bits per heavy atom. The third-order valence-corrected chi connectivity index (χ3v) is 11.3. The summed E-state index contributed by atoms with van der Waals surface area (Å²) in [6.45, 7) is 8.94. The zero-order valence-electron chi connectivity index (χ0n) is 27.3. The minimum Gasteiger partial charge on any atom is -0.487 e. The molecule has 0 saturated heterocycles. The molecular formula is C36H49ClN2O6S. The number of aliphatic hydroxyl groups is 1. The van der Waals surface area contributed by atoms with Crippen molar-refractivity contribution < 1.29 is 27.8 Å². The summed E-state index contributed by atoms with van der Waals surface area (Å²) in [5.74, 6) is 0.637. The van der Waals surface area contributed by atoms with Gasteiger partial charge in [-0.1, -0.05) is 49.2 Å². The molecule has 0 radical (unpaired) electrons. The second-order valence-corrected chi connectivity index (χ2v) is 15.0. The number of hydrogen-bond donors (Lipinski definition) is 2. The van der Waals surface area contributed by atoms with E-state index in [1.807, 2.05) is 18.2 Å². The lowest BCUT2D eigenvalue weighted by molar-refractivity contribution is 0.0135. The van der Waals surface area contributed by atoms with Crippen molar-refractivity contribution in [3.05, 3.63) is 82.9 Å². The molecule has 8 nitrogen and oxygen atoms in total. The number of nitrogens with zero attached hydrogens (tertiary/aromatic N) is 1. The molecule has 0 bridgehead atoms. The summed E-state index contributed by atoms with van der Waals surface area (Å²) in [5, 5.41) is 9.75. The number of amides is 1. The monoisotopic (exact) mass is 672 g/mol. The second kappa shape index (κ2) is 16.8. The van der Waals surface area contributed by atoms with Crippen molar-refractivity contribution in [1.29, 1.82) is 0 Å². The predicted molar refractivity (Wildman–Crippen MR) is 185 cm³/mol. The molecule has 2 aromatic carbocycles. The molecule has 0 spiro atoms. The number of unbranched alkanes of at least 4 members (excludes halogenated alkanes) is 1. The number of ether oxygens (including phenoxy) is 2. The lowest BCUT2D eigenvalue weighted by atomic mass is 9.70. The predicted octanol–water partition coefficient (Wildman–Crippen LogP) is 6.84. The fraction of sp³-hybridized carbons (Fsp3) is 0.528. The molecule has 2 N–H and O–H groups in total. The maximum Gasteiger partial charge on any atom is 0.264 e. The minimum atomic E-state index is -4.15. The SMILES string of the molecule is C=CC[C@@H](O)[C@@H](C)S(=O)(=O)NC(=O)c1ccc2c(c1)N(C[C@@H]1CC[C@H]1[C@H](/C=C/CCC)OC)CCCCc1cc(Cl)ccc1CO2. The normalized spacial score (nSPS) is 20.7. The molecule has 1 aliphatic heterocycles. The quantitative estimate of drug-likeness (QED) is 0.224. The van der Waals surface area contributed by atoms with Gasteiger partial charge >= 0.3 is 0 Å². The highest BCUT2D eigenvalue weighted by molar-refractivity contribution is 7.90. The molecule has 4 rings (SSSR count). The molecular weight excluding hydrogens is 624 g/mol. The molecule has 1 saturated carbocycles. The number of aryl methyl sites for hydroxylation is 1. The molecule has 10 heteroatoms. The molecule has 252 valence electrons. The average molecular weight is 673 g/mol. The average Bonchev–Trinajstić information content (AvgIpc) is 3.05. The van der Waals surface area contributed by atoms with Crippen LogP contribution in [0.2, 0.25) is 5.02 Å². The van der Waals surface area contributed by atoms with Crippen molar-refractivity contribution in [3.63, 3.8) is 0 Å². The van der Waals surface area contributed by atoms with Gasteiger partial charge in [0.2, 0.25) is 10.0 Å². The van der Waals surface area contributed by atoms with Gasteiger partial charge in [0, 0.05) is 30.8 Å². The highest BCUT2D eigenvalue weighted by Gasteiger charge is 2.38. The van der Waals surface area contributed by atoms with Gasteiger partial charge in [0.05, 0.1) is 17.9 Å². The van der Waals surface area contributed by atoms with E-state index in [1.165, 1.54) is 13.0 Å². The van der Waals surface area contributed by atoms with Crippen LogP contribution < -0.4 is 14.4 Å². The van der Waals surface area contributed by atoms with E-state index in [4.69, 9.17) is 21.1 Å².